The van der Waals surface area contributed by atoms with E-state index in [1.807, 2.05) is 37.1 Å². The van der Waals surface area contributed by atoms with Crippen LogP contribution in [0.15, 0.2) is 41.7 Å². The number of rotatable bonds is 6. The number of phenols is 1. The van der Waals surface area contributed by atoms with E-state index in [2.05, 4.69) is 31.8 Å². The second-order valence-electron chi connectivity index (χ2n) is 7.07. The number of aliphatic imine (C=N–C) groups is 1. The molecule has 8 heteroatoms. The van der Waals surface area contributed by atoms with Crippen molar-refractivity contribution in [3.05, 3.63) is 42.2 Å². The van der Waals surface area contributed by atoms with E-state index < -0.39 is 0 Å². The lowest BCUT2D eigenvalue weighted by Gasteiger charge is -2.34. The van der Waals surface area contributed by atoms with Crippen molar-refractivity contribution in [1.29, 1.82) is 0 Å². The molecule has 0 radical (unpaired) electrons. The molecule has 1 fully saturated rings. The molecule has 7 nitrogen and oxygen atoms in total. The van der Waals surface area contributed by atoms with Gasteiger partial charge in [-0.05, 0) is 43.4 Å². The Morgan fingerprint density at radius 2 is 2.11 bits per heavy atom. The fourth-order valence-electron chi connectivity index (χ4n) is 3.45. The predicted molar refractivity (Wildman–Crippen MR) is 125 cm³/mol. The predicted octanol–water partition coefficient (Wildman–Crippen LogP) is 2.51. The Morgan fingerprint density at radius 3 is 2.79 bits per heavy atom. The van der Waals surface area contributed by atoms with Gasteiger partial charge in [0, 0.05) is 46.0 Å². The third-order valence-corrected chi connectivity index (χ3v) is 4.91. The van der Waals surface area contributed by atoms with Crippen LogP contribution in [0.2, 0.25) is 0 Å². The van der Waals surface area contributed by atoms with E-state index in [-0.39, 0.29) is 24.0 Å². The number of nitrogens with one attached hydrogen (secondary N) is 2. The van der Waals surface area contributed by atoms with Gasteiger partial charge >= 0.3 is 0 Å². The molecule has 0 spiro atoms. The fraction of sp³-hybridized carbons (Fsp3) is 0.500. The molecule has 3 N–H and O–H groups in total. The quantitative estimate of drug-likeness (QED) is 0.247. The van der Waals surface area contributed by atoms with Crippen molar-refractivity contribution in [2.75, 3.05) is 31.6 Å². The largest absolute Gasteiger partial charge is 0.508 e. The SMILES string of the molecule is CN=C(NCCCc1ccc(O)cc1)NC1CCCN(c2cnn(C)c2)C1.I. The van der Waals surface area contributed by atoms with Crippen molar-refractivity contribution in [3.8, 4) is 5.75 Å². The van der Waals surface area contributed by atoms with Crippen LogP contribution in [-0.4, -0.2) is 53.6 Å². The molecule has 0 saturated carbocycles. The number of benzene rings is 1. The molecule has 0 amide bonds. The van der Waals surface area contributed by atoms with Gasteiger partial charge in [0.1, 0.15) is 5.75 Å². The molecule has 1 unspecified atom stereocenters. The average Bonchev–Trinajstić information content (AvgIpc) is 3.12. The van der Waals surface area contributed by atoms with Crippen LogP contribution in [0.5, 0.6) is 5.75 Å². The topological polar surface area (TPSA) is 77.7 Å². The van der Waals surface area contributed by atoms with E-state index in [0.717, 1.165) is 51.3 Å². The molecule has 1 aliphatic heterocycles. The molecule has 1 saturated heterocycles. The lowest BCUT2D eigenvalue weighted by atomic mass is 10.1. The average molecular weight is 498 g/mol. The third-order valence-electron chi connectivity index (χ3n) is 4.91. The zero-order chi connectivity index (χ0) is 19.1. The van der Waals surface area contributed by atoms with Crippen LogP contribution in [0.3, 0.4) is 0 Å². The van der Waals surface area contributed by atoms with Crippen molar-refractivity contribution >= 4 is 35.6 Å². The summed E-state index contributed by atoms with van der Waals surface area (Å²) in [5, 5.41) is 20.6. The first kappa shape index (κ1) is 22.3. The molecule has 2 aromatic rings. The van der Waals surface area contributed by atoms with Crippen LogP contribution in [-0.2, 0) is 13.5 Å². The number of phenolic OH excluding ortho intramolecular Hbond substituents is 1. The van der Waals surface area contributed by atoms with E-state index in [1.54, 1.807) is 12.1 Å². The second-order valence-corrected chi connectivity index (χ2v) is 7.07. The summed E-state index contributed by atoms with van der Waals surface area (Å²) < 4.78 is 1.85. The molecular weight excluding hydrogens is 467 g/mol. The molecule has 1 aromatic carbocycles. The molecule has 3 rings (SSSR count). The summed E-state index contributed by atoms with van der Waals surface area (Å²) in [6.45, 7) is 2.89. The van der Waals surface area contributed by atoms with Crippen LogP contribution in [0.25, 0.3) is 0 Å². The first-order chi connectivity index (χ1) is 13.1. The number of halogens is 1. The number of piperidine rings is 1. The summed E-state index contributed by atoms with van der Waals surface area (Å²) in [7, 11) is 3.77. The third kappa shape index (κ3) is 6.57. The minimum Gasteiger partial charge on any atom is -0.508 e. The molecule has 0 aliphatic carbocycles. The van der Waals surface area contributed by atoms with Gasteiger partial charge < -0.3 is 20.6 Å². The molecule has 1 aromatic heterocycles. The van der Waals surface area contributed by atoms with Crippen molar-refractivity contribution < 1.29 is 5.11 Å². The molecule has 1 aliphatic rings. The van der Waals surface area contributed by atoms with E-state index in [0.29, 0.717) is 11.8 Å². The van der Waals surface area contributed by atoms with Gasteiger partial charge in [-0.2, -0.15) is 5.10 Å². The standard InChI is InChI=1S/C20H30N6O.HI/c1-21-20(22-11-3-5-16-7-9-19(27)10-8-16)24-17-6-4-12-26(14-17)18-13-23-25(2)15-18;/h7-10,13,15,17,27H,3-6,11-12,14H2,1-2H3,(H2,21,22,24);1H. The van der Waals surface area contributed by atoms with Crippen LogP contribution < -0.4 is 15.5 Å². The van der Waals surface area contributed by atoms with Crippen molar-refractivity contribution in [2.24, 2.45) is 12.0 Å². The Kier molecular flexibility index (Phi) is 8.88. The Balaban J connectivity index is 0.00000280. The first-order valence-electron chi connectivity index (χ1n) is 9.63. The number of hydrogen-bond donors (Lipinski definition) is 3. The monoisotopic (exact) mass is 498 g/mol. The Labute approximate surface area is 184 Å². The Morgan fingerprint density at radius 1 is 1.32 bits per heavy atom. The second kappa shape index (κ2) is 11.1. The smallest absolute Gasteiger partial charge is 0.191 e. The maximum atomic E-state index is 9.34. The van der Waals surface area contributed by atoms with Gasteiger partial charge in [0.25, 0.3) is 0 Å². The minimum atomic E-state index is 0. The van der Waals surface area contributed by atoms with E-state index in [4.69, 9.17) is 0 Å². The lowest BCUT2D eigenvalue weighted by Crippen LogP contribution is -2.51. The maximum Gasteiger partial charge on any atom is 0.191 e. The van der Waals surface area contributed by atoms with Crippen LogP contribution in [0.1, 0.15) is 24.8 Å². The normalized spacial score (nSPS) is 17.1. The van der Waals surface area contributed by atoms with Gasteiger partial charge in [0.2, 0.25) is 0 Å². The van der Waals surface area contributed by atoms with Crippen molar-refractivity contribution in [3.63, 3.8) is 0 Å². The highest BCUT2D eigenvalue weighted by Gasteiger charge is 2.21. The number of aromatic hydroxyl groups is 1. The number of guanidine groups is 1. The number of nitrogens with zero attached hydrogens (tertiary/aromatic N) is 4. The zero-order valence-electron chi connectivity index (χ0n) is 16.6. The van der Waals surface area contributed by atoms with Crippen molar-refractivity contribution in [1.82, 2.24) is 20.4 Å². The Hall–Kier alpha value is -1.97. The van der Waals surface area contributed by atoms with Crippen LogP contribution in [0, 0.1) is 0 Å². The highest BCUT2D eigenvalue weighted by molar-refractivity contribution is 14.0. The molecular formula is C20H31IN6O. The van der Waals surface area contributed by atoms with Crippen molar-refractivity contribution in [2.45, 2.75) is 31.7 Å². The fourth-order valence-corrected chi connectivity index (χ4v) is 3.45. The lowest BCUT2D eigenvalue weighted by molar-refractivity contribution is 0.468. The highest BCUT2D eigenvalue weighted by Crippen LogP contribution is 2.19. The van der Waals surface area contributed by atoms with E-state index in [9.17, 15) is 5.11 Å². The van der Waals surface area contributed by atoms with Crippen LogP contribution >= 0.6 is 24.0 Å². The molecule has 0 bridgehead atoms. The molecule has 2 heterocycles. The summed E-state index contributed by atoms with van der Waals surface area (Å²) in [4.78, 5) is 6.75. The Bertz CT molecular complexity index is 745. The number of hydrogen-bond acceptors (Lipinski definition) is 4. The van der Waals surface area contributed by atoms with E-state index in [1.165, 1.54) is 11.3 Å². The van der Waals surface area contributed by atoms with Gasteiger partial charge in [-0.3, -0.25) is 9.67 Å². The zero-order valence-corrected chi connectivity index (χ0v) is 19.0. The molecule has 154 valence electrons. The summed E-state index contributed by atoms with van der Waals surface area (Å²) >= 11 is 0. The van der Waals surface area contributed by atoms with Gasteiger partial charge in [0.05, 0.1) is 11.9 Å². The summed E-state index contributed by atoms with van der Waals surface area (Å²) in [5.74, 6) is 1.17. The van der Waals surface area contributed by atoms with Gasteiger partial charge in [0.15, 0.2) is 5.96 Å². The number of aryl methyl sites for hydroxylation is 2. The highest BCUT2D eigenvalue weighted by atomic mass is 127. The maximum absolute atomic E-state index is 9.34. The summed E-state index contributed by atoms with van der Waals surface area (Å²) in [5.41, 5.74) is 2.41. The van der Waals surface area contributed by atoms with Gasteiger partial charge in [-0.15, -0.1) is 24.0 Å². The van der Waals surface area contributed by atoms with E-state index >= 15 is 0 Å². The summed E-state index contributed by atoms with van der Waals surface area (Å²) in [6.07, 6.45) is 8.29. The minimum absolute atomic E-state index is 0. The number of aromatic nitrogens is 2. The summed E-state index contributed by atoms with van der Waals surface area (Å²) in [6, 6.07) is 7.79. The molecule has 1 atom stereocenters. The van der Waals surface area contributed by atoms with Crippen LogP contribution in [0.4, 0.5) is 5.69 Å². The van der Waals surface area contributed by atoms with Gasteiger partial charge in [-0.25, -0.2) is 0 Å². The molecule has 28 heavy (non-hydrogen) atoms. The van der Waals surface area contributed by atoms with Gasteiger partial charge in [-0.1, -0.05) is 12.1 Å². The number of anilines is 1. The first-order valence-corrected chi connectivity index (χ1v) is 9.63.